The van der Waals surface area contributed by atoms with E-state index in [0.29, 0.717) is 6.67 Å². The van der Waals surface area contributed by atoms with Crippen LogP contribution in [0.3, 0.4) is 0 Å². The predicted octanol–water partition coefficient (Wildman–Crippen LogP) is 4.49. The van der Waals surface area contributed by atoms with E-state index in [1.54, 1.807) is 23.8 Å². The number of azo groups is 1. The Bertz CT molecular complexity index is 1030. The summed E-state index contributed by atoms with van der Waals surface area (Å²) in [5.41, 5.74) is 1.90. The Kier molecular flexibility index (Phi) is 6.11. The number of rotatable bonds is 6. The predicted molar refractivity (Wildman–Crippen MR) is 111 cm³/mol. The Balaban J connectivity index is 1.88. The first-order chi connectivity index (χ1) is 13.4. The molecule has 0 unspecified atom stereocenters. The Morgan fingerprint density at radius 1 is 1.21 bits per heavy atom. The highest BCUT2D eigenvalue weighted by Gasteiger charge is 2.18. The topological polar surface area (TPSA) is 79.4 Å². The van der Waals surface area contributed by atoms with Gasteiger partial charge >= 0.3 is 0 Å². The summed E-state index contributed by atoms with van der Waals surface area (Å²) in [6.07, 6.45) is 0.119. The van der Waals surface area contributed by atoms with Crippen molar-refractivity contribution in [3.63, 3.8) is 0 Å². The van der Waals surface area contributed by atoms with Crippen molar-refractivity contribution in [3.8, 4) is 11.6 Å². The van der Waals surface area contributed by atoms with Crippen LogP contribution in [0.25, 0.3) is 10.9 Å². The van der Waals surface area contributed by atoms with Crippen LogP contribution in [0.15, 0.2) is 57.2 Å². The number of methoxy groups -OCH3 is 1. The molecule has 8 heteroatoms. The SMILES string of the molecule is COc1ccc(CC(=O)N=Nc2c(O)n(CN(C)C)c3ccc(Br)cc23)cc1. The third-order valence-electron chi connectivity index (χ3n) is 4.17. The van der Waals surface area contributed by atoms with E-state index in [9.17, 15) is 9.90 Å². The molecule has 146 valence electrons. The fourth-order valence-electron chi connectivity index (χ4n) is 2.88. The van der Waals surface area contributed by atoms with E-state index in [2.05, 4.69) is 26.2 Å². The van der Waals surface area contributed by atoms with Crippen molar-refractivity contribution in [2.75, 3.05) is 21.2 Å². The van der Waals surface area contributed by atoms with Gasteiger partial charge < -0.3 is 9.84 Å². The van der Waals surface area contributed by atoms with Gasteiger partial charge in [-0.1, -0.05) is 28.1 Å². The van der Waals surface area contributed by atoms with E-state index in [1.807, 2.05) is 49.3 Å². The van der Waals surface area contributed by atoms with Crippen molar-refractivity contribution < 1.29 is 14.6 Å². The largest absolute Gasteiger partial charge is 0.497 e. The second-order valence-electron chi connectivity index (χ2n) is 6.60. The maximum atomic E-state index is 12.2. The molecule has 0 aliphatic carbocycles. The lowest BCUT2D eigenvalue weighted by molar-refractivity contribution is -0.117. The molecule has 0 bridgehead atoms. The lowest BCUT2D eigenvalue weighted by Gasteiger charge is -2.13. The average molecular weight is 445 g/mol. The van der Waals surface area contributed by atoms with Crippen molar-refractivity contribution in [3.05, 3.63) is 52.5 Å². The highest BCUT2D eigenvalue weighted by atomic mass is 79.9. The normalized spacial score (nSPS) is 11.6. The number of fused-ring (bicyclic) bond motifs is 1. The van der Waals surface area contributed by atoms with Crippen LogP contribution in [-0.4, -0.2) is 41.7 Å². The molecule has 0 aliphatic heterocycles. The summed E-state index contributed by atoms with van der Waals surface area (Å²) in [5.74, 6) is 0.304. The number of halogens is 1. The number of hydrogen-bond acceptors (Lipinski definition) is 5. The highest BCUT2D eigenvalue weighted by molar-refractivity contribution is 9.10. The first kappa shape index (κ1) is 20.0. The van der Waals surface area contributed by atoms with Gasteiger partial charge in [-0.2, -0.15) is 0 Å². The zero-order valence-corrected chi connectivity index (χ0v) is 17.5. The smallest absolute Gasteiger partial charge is 0.269 e. The molecule has 0 saturated heterocycles. The summed E-state index contributed by atoms with van der Waals surface area (Å²) in [7, 11) is 5.40. The average Bonchev–Trinajstić information content (AvgIpc) is 2.91. The van der Waals surface area contributed by atoms with Crippen LogP contribution in [-0.2, 0) is 17.9 Å². The number of benzene rings is 2. The van der Waals surface area contributed by atoms with Crippen LogP contribution >= 0.6 is 15.9 Å². The second-order valence-corrected chi connectivity index (χ2v) is 7.52. The number of carbonyl (C=O) groups excluding carboxylic acids is 1. The lowest BCUT2D eigenvalue weighted by atomic mass is 10.1. The van der Waals surface area contributed by atoms with Gasteiger partial charge in [-0.25, -0.2) is 0 Å². The third kappa shape index (κ3) is 4.40. The zero-order valence-electron chi connectivity index (χ0n) is 15.9. The number of amides is 1. The van der Waals surface area contributed by atoms with E-state index in [-0.39, 0.29) is 18.0 Å². The first-order valence-electron chi connectivity index (χ1n) is 8.62. The van der Waals surface area contributed by atoms with Gasteiger partial charge in [0.15, 0.2) is 5.69 Å². The molecule has 3 aromatic rings. The Hall–Kier alpha value is -2.71. The Labute approximate surface area is 171 Å². The molecule has 1 N–H and O–H groups in total. The molecule has 1 amide bonds. The monoisotopic (exact) mass is 444 g/mol. The van der Waals surface area contributed by atoms with Gasteiger partial charge in [0.1, 0.15) is 5.75 Å². The number of nitrogens with zero attached hydrogens (tertiary/aromatic N) is 4. The minimum atomic E-state index is -0.395. The van der Waals surface area contributed by atoms with Crippen LogP contribution in [0.1, 0.15) is 5.56 Å². The molecule has 1 heterocycles. The molecular formula is C20H21BrN4O3. The maximum Gasteiger partial charge on any atom is 0.269 e. The molecule has 0 fully saturated rings. The highest BCUT2D eigenvalue weighted by Crippen LogP contribution is 2.40. The van der Waals surface area contributed by atoms with Crippen LogP contribution in [0, 0.1) is 0 Å². The summed E-state index contributed by atoms with van der Waals surface area (Å²) < 4.78 is 7.68. The number of aromatic hydroxyl groups is 1. The molecular weight excluding hydrogens is 424 g/mol. The lowest BCUT2D eigenvalue weighted by Crippen LogP contribution is -2.16. The summed E-state index contributed by atoms with van der Waals surface area (Å²) in [4.78, 5) is 14.2. The fraction of sp³-hybridized carbons (Fsp3) is 0.250. The van der Waals surface area contributed by atoms with Crippen molar-refractivity contribution in [2.45, 2.75) is 13.1 Å². The van der Waals surface area contributed by atoms with Crippen molar-refractivity contribution in [2.24, 2.45) is 10.2 Å². The van der Waals surface area contributed by atoms with Gasteiger partial charge in [0.05, 0.1) is 25.7 Å². The fourth-order valence-corrected chi connectivity index (χ4v) is 3.24. The van der Waals surface area contributed by atoms with Gasteiger partial charge in [-0.05, 0) is 50.0 Å². The summed E-state index contributed by atoms with van der Waals surface area (Å²) >= 11 is 3.44. The van der Waals surface area contributed by atoms with Gasteiger partial charge in [0, 0.05) is 9.86 Å². The van der Waals surface area contributed by atoms with E-state index in [0.717, 1.165) is 26.7 Å². The van der Waals surface area contributed by atoms with Crippen molar-refractivity contribution in [1.82, 2.24) is 9.47 Å². The maximum absolute atomic E-state index is 12.2. The van der Waals surface area contributed by atoms with E-state index >= 15 is 0 Å². The minimum Gasteiger partial charge on any atom is -0.497 e. The molecule has 28 heavy (non-hydrogen) atoms. The Morgan fingerprint density at radius 2 is 1.93 bits per heavy atom. The molecule has 0 aliphatic rings. The van der Waals surface area contributed by atoms with Gasteiger partial charge in [0.25, 0.3) is 5.91 Å². The number of aromatic nitrogens is 1. The molecule has 0 radical (unpaired) electrons. The molecule has 0 saturated carbocycles. The zero-order chi connectivity index (χ0) is 20.3. The second kappa shape index (κ2) is 8.53. The van der Waals surface area contributed by atoms with E-state index in [1.165, 1.54) is 0 Å². The molecule has 0 spiro atoms. The molecule has 3 rings (SSSR count). The minimum absolute atomic E-state index is 0.0252. The van der Waals surface area contributed by atoms with Crippen LogP contribution in [0.5, 0.6) is 11.6 Å². The van der Waals surface area contributed by atoms with Gasteiger partial charge in [0.2, 0.25) is 5.88 Å². The number of ether oxygens (including phenoxy) is 1. The van der Waals surface area contributed by atoms with Crippen molar-refractivity contribution >= 4 is 38.4 Å². The van der Waals surface area contributed by atoms with Crippen LogP contribution in [0.4, 0.5) is 5.69 Å². The quantitative estimate of drug-likeness (QED) is 0.567. The summed E-state index contributed by atoms with van der Waals surface area (Å²) in [6, 6.07) is 12.8. The summed E-state index contributed by atoms with van der Waals surface area (Å²) in [5, 5.41) is 19.3. The van der Waals surface area contributed by atoms with Crippen molar-refractivity contribution in [1.29, 1.82) is 0 Å². The molecule has 0 atom stereocenters. The van der Waals surface area contributed by atoms with Crippen LogP contribution in [0.2, 0.25) is 0 Å². The number of hydrogen-bond donors (Lipinski definition) is 1. The third-order valence-corrected chi connectivity index (χ3v) is 4.67. The Morgan fingerprint density at radius 3 is 2.57 bits per heavy atom. The summed E-state index contributed by atoms with van der Waals surface area (Å²) in [6.45, 7) is 0.472. The van der Waals surface area contributed by atoms with E-state index in [4.69, 9.17) is 4.74 Å². The van der Waals surface area contributed by atoms with Crippen LogP contribution < -0.4 is 4.74 Å². The van der Waals surface area contributed by atoms with Gasteiger partial charge in [-0.3, -0.25) is 14.3 Å². The molecule has 7 nitrogen and oxygen atoms in total. The standard InChI is InChI=1S/C20H21BrN4O3/c1-24(2)12-25-17-9-6-14(21)11-16(17)19(20(25)27)23-22-18(26)10-13-4-7-15(28-3)8-5-13/h4-9,11,27H,10,12H2,1-3H3. The van der Waals surface area contributed by atoms with Gasteiger partial charge in [-0.15, -0.1) is 10.2 Å². The molecule has 2 aromatic carbocycles. The van der Waals surface area contributed by atoms with E-state index < -0.39 is 5.91 Å². The molecule has 1 aromatic heterocycles. The first-order valence-corrected chi connectivity index (χ1v) is 9.41. The number of carbonyl (C=O) groups is 1.